The summed E-state index contributed by atoms with van der Waals surface area (Å²) in [5.41, 5.74) is 2.34. The van der Waals surface area contributed by atoms with E-state index < -0.39 is 0 Å². The number of benzene rings is 2. The second-order valence-corrected chi connectivity index (χ2v) is 4.71. The molecule has 1 aromatic heterocycles. The predicted octanol–water partition coefficient (Wildman–Crippen LogP) is 4.49. The van der Waals surface area contributed by atoms with Crippen molar-refractivity contribution >= 4 is 28.3 Å². The molecule has 4 heteroatoms. The van der Waals surface area contributed by atoms with Crippen molar-refractivity contribution in [3.05, 3.63) is 70.9 Å². The van der Waals surface area contributed by atoms with Crippen LogP contribution in [0, 0.1) is 0 Å². The summed E-state index contributed by atoms with van der Waals surface area (Å²) in [6.45, 7) is 0. The number of hydrogen-bond acceptors (Lipinski definition) is 3. The van der Waals surface area contributed by atoms with E-state index >= 15 is 0 Å². The maximum Gasteiger partial charge on any atom is 0.157 e. The van der Waals surface area contributed by atoms with Gasteiger partial charge in [-0.3, -0.25) is 0 Å². The predicted molar refractivity (Wildman–Crippen MR) is 80.3 cm³/mol. The molecule has 3 aromatic rings. The van der Waals surface area contributed by atoms with Crippen molar-refractivity contribution in [2.75, 3.05) is 7.11 Å². The molecule has 0 fully saturated rings. The molecule has 100 valence electrons. The number of halogens is 1. The van der Waals surface area contributed by atoms with Gasteiger partial charge < -0.3 is 9.25 Å². The molecule has 0 saturated carbocycles. The van der Waals surface area contributed by atoms with Crippen molar-refractivity contribution in [3.63, 3.8) is 0 Å². The van der Waals surface area contributed by atoms with Crippen molar-refractivity contribution in [2.45, 2.75) is 0 Å². The largest absolute Gasteiger partial charge is 0.454 e. The van der Waals surface area contributed by atoms with Crippen LogP contribution in [0.5, 0.6) is 0 Å². The fourth-order valence-corrected chi connectivity index (χ4v) is 2.16. The van der Waals surface area contributed by atoms with Crippen molar-refractivity contribution in [3.8, 4) is 0 Å². The van der Waals surface area contributed by atoms with E-state index in [2.05, 4.69) is 5.16 Å². The van der Waals surface area contributed by atoms with Crippen molar-refractivity contribution in [1.82, 2.24) is 0 Å². The molecule has 0 radical (unpaired) electrons. The summed E-state index contributed by atoms with van der Waals surface area (Å²) in [4.78, 5) is 4.93. The SMILES string of the molecule is CO/N=C(\c1ccc(Cl)cc1)c1cc2ccccc2o1. The third-order valence-electron chi connectivity index (χ3n) is 2.96. The Kier molecular flexibility index (Phi) is 3.44. The minimum absolute atomic E-state index is 0.639. The average Bonchev–Trinajstić information content (AvgIpc) is 2.89. The van der Waals surface area contributed by atoms with Crippen LogP contribution in [-0.2, 0) is 4.84 Å². The zero-order valence-corrected chi connectivity index (χ0v) is 11.6. The van der Waals surface area contributed by atoms with Gasteiger partial charge in [0.25, 0.3) is 0 Å². The minimum atomic E-state index is 0.639. The van der Waals surface area contributed by atoms with Gasteiger partial charge in [0.05, 0.1) is 0 Å². The molecular weight excluding hydrogens is 274 g/mol. The second kappa shape index (κ2) is 5.39. The molecule has 0 bridgehead atoms. The number of oxime groups is 1. The monoisotopic (exact) mass is 285 g/mol. The third kappa shape index (κ3) is 2.40. The van der Waals surface area contributed by atoms with Crippen LogP contribution in [-0.4, -0.2) is 12.8 Å². The lowest BCUT2D eigenvalue weighted by atomic mass is 10.1. The number of furan rings is 1. The van der Waals surface area contributed by atoms with E-state index in [9.17, 15) is 0 Å². The van der Waals surface area contributed by atoms with Crippen molar-refractivity contribution in [2.24, 2.45) is 5.16 Å². The van der Waals surface area contributed by atoms with Gasteiger partial charge in [-0.15, -0.1) is 0 Å². The highest BCUT2D eigenvalue weighted by Crippen LogP contribution is 2.22. The molecule has 1 heterocycles. The number of hydrogen-bond donors (Lipinski definition) is 0. The maximum absolute atomic E-state index is 5.91. The summed E-state index contributed by atoms with van der Waals surface area (Å²) in [6.07, 6.45) is 0. The molecule has 0 unspecified atom stereocenters. The van der Waals surface area contributed by atoms with Gasteiger partial charge in [-0.05, 0) is 24.3 Å². The van der Waals surface area contributed by atoms with Gasteiger partial charge in [-0.25, -0.2) is 0 Å². The summed E-state index contributed by atoms with van der Waals surface area (Å²) in [7, 11) is 1.51. The van der Waals surface area contributed by atoms with Gasteiger partial charge in [0.1, 0.15) is 12.7 Å². The fraction of sp³-hybridized carbons (Fsp3) is 0.0625. The molecule has 0 aliphatic rings. The lowest BCUT2D eigenvalue weighted by Crippen LogP contribution is -2.02. The van der Waals surface area contributed by atoms with Crippen LogP contribution in [0.15, 0.2) is 64.2 Å². The number of fused-ring (bicyclic) bond motifs is 1. The Morgan fingerprint density at radius 2 is 1.85 bits per heavy atom. The lowest BCUT2D eigenvalue weighted by molar-refractivity contribution is 0.213. The molecule has 0 saturated heterocycles. The van der Waals surface area contributed by atoms with Gasteiger partial charge in [0.2, 0.25) is 0 Å². The van der Waals surface area contributed by atoms with Crippen molar-refractivity contribution in [1.29, 1.82) is 0 Å². The smallest absolute Gasteiger partial charge is 0.157 e. The first-order valence-corrected chi connectivity index (χ1v) is 6.52. The Hall–Kier alpha value is -2.26. The topological polar surface area (TPSA) is 34.7 Å². The molecule has 0 aliphatic heterocycles. The van der Waals surface area contributed by atoms with E-state index in [1.165, 1.54) is 7.11 Å². The van der Waals surface area contributed by atoms with Crippen LogP contribution in [0.2, 0.25) is 5.02 Å². The average molecular weight is 286 g/mol. The molecule has 0 atom stereocenters. The second-order valence-electron chi connectivity index (χ2n) is 4.28. The number of rotatable bonds is 3. The fourth-order valence-electron chi connectivity index (χ4n) is 2.04. The Balaban J connectivity index is 2.11. The quantitative estimate of drug-likeness (QED) is 0.525. The Bertz CT molecular complexity index is 727. The van der Waals surface area contributed by atoms with E-state index in [-0.39, 0.29) is 0 Å². The van der Waals surface area contributed by atoms with Crippen LogP contribution >= 0.6 is 11.6 Å². The summed E-state index contributed by atoms with van der Waals surface area (Å²) in [6, 6.07) is 17.2. The summed E-state index contributed by atoms with van der Waals surface area (Å²) < 4.78 is 5.82. The van der Waals surface area contributed by atoms with Crippen molar-refractivity contribution < 1.29 is 9.25 Å². The molecular formula is C16H12ClNO2. The van der Waals surface area contributed by atoms with E-state index in [0.29, 0.717) is 16.5 Å². The highest BCUT2D eigenvalue weighted by Gasteiger charge is 2.13. The summed E-state index contributed by atoms with van der Waals surface area (Å²) >= 11 is 5.91. The molecule has 0 spiro atoms. The van der Waals surface area contributed by atoms with Crippen LogP contribution in [0.4, 0.5) is 0 Å². The zero-order chi connectivity index (χ0) is 13.9. The van der Waals surface area contributed by atoms with Crippen LogP contribution < -0.4 is 0 Å². The first kappa shape index (κ1) is 12.8. The highest BCUT2D eigenvalue weighted by molar-refractivity contribution is 6.30. The Morgan fingerprint density at radius 1 is 1.10 bits per heavy atom. The van der Waals surface area contributed by atoms with Gasteiger partial charge in [-0.2, -0.15) is 0 Å². The number of para-hydroxylation sites is 1. The van der Waals surface area contributed by atoms with Crippen LogP contribution in [0.3, 0.4) is 0 Å². The highest BCUT2D eigenvalue weighted by atomic mass is 35.5. The van der Waals surface area contributed by atoms with Crippen LogP contribution in [0.25, 0.3) is 11.0 Å². The molecule has 3 rings (SSSR count). The molecule has 2 aromatic carbocycles. The molecule has 3 nitrogen and oxygen atoms in total. The normalized spacial score (nSPS) is 11.8. The zero-order valence-electron chi connectivity index (χ0n) is 10.8. The van der Waals surface area contributed by atoms with E-state index in [1.54, 1.807) is 0 Å². The molecule has 0 aliphatic carbocycles. The maximum atomic E-state index is 5.91. The molecule has 0 N–H and O–H groups in total. The van der Waals surface area contributed by atoms with Gasteiger partial charge in [0.15, 0.2) is 11.5 Å². The standard InChI is InChI=1S/C16H12ClNO2/c1-19-18-16(11-6-8-13(17)9-7-11)15-10-12-4-2-3-5-14(12)20-15/h2-10H,1H3/b18-16+. The van der Waals surface area contributed by atoms with Gasteiger partial charge >= 0.3 is 0 Å². The van der Waals surface area contributed by atoms with Crippen LogP contribution in [0.1, 0.15) is 11.3 Å². The third-order valence-corrected chi connectivity index (χ3v) is 3.21. The van der Waals surface area contributed by atoms with E-state index in [4.69, 9.17) is 20.9 Å². The lowest BCUT2D eigenvalue weighted by Gasteiger charge is -2.02. The Morgan fingerprint density at radius 3 is 2.55 bits per heavy atom. The first-order valence-electron chi connectivity index (χ1n) is 6.14. The van der Waals surface area contributed by atoms with E-state index in [0.717, 1.165) is 16.5 Å². The van der Waals surface area contributed by atoms with E-state index in [1.807, 2.05) is 54.6 Å². The van der Waals surface area contributed by atoms with Gasteiger partial charge in [-0.1, -0.05) is 47.1 Å². The summed E-state index contributed by atoms with van der Waals surface area (Å²) in [5.74, 6) is 0.662. The number of nitrogens with zero attached hydrogens (tertiary/aromatic N) is 1. The molecule has 0 amide bonds. The minimum Gasteiger partial charge on any atom is -0.454 e. The molecule has 20 heavy (non-hydrogen) atoms. The summed E-state index contributed by atoms with van der Waals surface area (Å²) in [5, 5.41) is 5.77. The first-order chi connectivity index (χ1) is 9.78. The van der Waals surface area contributed by atoms with Gasteiger partial charge in [0, 0.05) is 16.0 Å². The Labute approximate surface area is 121 Å².